The van der Waals surface area contributed by atoms with E-state index >= 15 is 0 Å². The van der Waals surface area contributed by atoms with Crippen LogP contribution in [0.15, 0.2) is 53.9 Å². The summed E-state index contributed by atoms with van der Waals surface area (Å²) < 4.78 is 0. The summed E-state index contributed by atoms with van der Waals surface area (Å²) in [5.74, 6) is -1.11. The maximum Gasteiger partial charge on any atom is 0.265 e. The Morgan fingerprint density at radius 3 is 2.31 bits per heavy atom. The molecule has 6 nitrogen and oxygen atoms in total. The zero-order valence-corrected chi connectivity index (χ0v) is 17.4. The first-order valence-electron chi connectivity index (χ1n) is 8.36. The molecule has 0 bridgehead atoms. The number of carbonyl (C=O) groups excluding carboxylic acids is 3. The minimum atomic E-state index is -0.432. The maximum absolute atomic E-state index is 12.6. The smallest absolute Gasteiger partial charge is 0.265 e. The van der Waals surface area contributed by atoms with Crippen molar-refractivity contribution in [2.24, 2.45) is 0 Å². The first-order valence-corrected chi connectivity index (χ1v) is 10.00. The number of carbonyl (C=O) groups is 3. The van der Waals surface area contributed by atoms with Gasteiger partial charge in [0.05, 0.1) is 26.2 Å². The average Bonchev–Trinajstić information content (AvgIpc) is 3.25. The fourth-order valence-electron chi connectivity index (χ4n) is 2.47. The van der Waals surface area contributed by atoms with Gasteiger partial charge in [0.25, 0.3) is 17.7 Å². The van der Waals surface area contributed by atoms with E-state index in [2.05, 4.69) is 16.0 Å². The van der Waals surface area contributed by atoms with Crippen LogP contribution in [0.1, 0.15) is 30.4 Å². The highest BCUT2D eigenvalue weighted by molar-refractivity contribution is 7.12. The number of hydrogen-bond acceptors (Lipinski definition) is 4. The molecule has 3 aromatic rings. The number of halogens is 2. The van der Waals surface area contributed by atoms with Crippen molar-refractivity contribution in [3.05, 3.63) is 80.0 Å². The summed E-state index contributed by atoms with van der Waals surface area (Å²) in [7, 11) is 1.49. The maximum atomic E-state index is 12.6. The third-order valence-corrected chi connectivity index (χ3v) is 5.45. The first-order chi connectivity index (χ1) is 13.9. The molecule has 29 heavy (non-hydrogen) atoms. The molecule has 148 valence electrons. The van der Waals surface area contributed by atoms with Crippen molar-refractivity contribution in [3.8, 4) is 0 Å². The van der Waals surface area contributed by atoms with Crippen LogP contribution in [0, 0.1) is 0 Å². The minimum Gasteiger partial charge on any atom is -0.355 e. The largest absolute Gasteiger partial charge is 0.355 e. The second-order valence-corrected chi connectivity index (χ2v) is 7.62. The minimum absolute atomic E-state index is 0.243. The summed E-state index contributed by atoms with van der Waals surface area (Å²) in [4.78, 5) is 37.3. The van der Waals surface area contributed by atoms with E-state index in [1.807, 2.05) is 0 Å². The van der Waals surface area contributed by atoms with Gasteiger partial charge in [0.15, 0.2) is 0 Å². The molecular weight excluding hydrogens is 433 g/mol. The van der Waals surface area contributed by atoms with Crippen LogP contribution in [0.4, 0.5) is 11.4 Å². The molecule has 2 aromatic carbocycles. The first kappa shape index (κ1) is 20.9. The van der Waals surface area contributed by atoms with Crippen LogP contribution in [0.5, 0.6) is 0 Å². The van der Waals surface area contributed by atoms with Crippen LogP contribution in [-0.2, 0) is 0 Å². The van der Waals surface area contributed by atoms with Crippen LogP contribution < -0.4 is 16.0 Å². The van der Waals surface area contributed by atoms with Crippen molar-refractivity contribution in [1.82, 2.24) is 5.32 Å². The molecule has 0 radical (unpaired) electrons. The van der Waals surface area contributed by atoms with Gasteiger partial charge in [-0.3, -0.25) is 14.4 Å². The molecule has 3 amide bonds. The van der Waals surface area contributed by atoms with Crippen molar-refractivity contribution in [3.63, 3.8) is 0 Å². The van der Waals surface area contributed by atoms with Crippen LogP contribution >= 0.6 is 34.5 Å². The Hall–Kier alpha value is -2.87. The molecule has 0 atom stereocenters. The standard InChI is InChI=1S/C20H15Cl2N3O3S/c1-23-19(27)13-10-12(5-7-14(13)21)24-18(26)11-4-6-15(22)16(9-11)25-20(28)17-3-2-8-29-17/h2-10H,1H3,(H,23,27)(H,24,26)(H,25,28). The zero-order chi connectivity index (χ0) is 21.0. The molecule has 9 heteroatoms. The van der Waals surface area contributed by atoms with Crippen molar-refractivity contribution in [2.45, 2.75) is 0 Å². The SMILES string of the molecule is CNC(=O)c1cc(NC(=O)c2ccc(Cl)c(NC(=O)c3cccs3)c2)ccc1Cl. The molecule has 0 saturated carbocycles. The molecule has 0 saturated heterocycles. The Morgan fingerprint density at radius 2 is 1.62 bits per heavy atom. The van der Waals surface area contributed by atoms with E-state index in [-0.39, 0.29) is 28.0 Å². The van der Waals surface area contributed by atoms with Gasteiger partial charge >= 0.3 is 0 Å². The van der Waals surface area contributed by atoms with Crippen LogP contribution in [0.3, 0.4) is 0 Å². The second-order valence-electron chi connectivity index (χ2n) is 5.85. The summed E-state index contributed by atoms with van der Waals surface area (Å²) in [5, 5.41) is 10.3. The van der Waals surface area contributed by atoms with Crippen molar-refractivity contribution < 1.29 is 14.4 Å². The summed E-state index contributed by atoms with van der Waals surface area (Å²) in [6.45, 7) is 0. The number of rotatable bonds is 5. The number of benzene rings is 2. The average molecular weight is 448 g/mol. The lowest BCUT2D eigenvalue weighted by molar-refractivity contribution is 0.0961. The van der Waals surface area contributed by atoms with Crippen LogP contribution in [0.25, 0.3) is 0 Å². The summed E-state index contributed by atoms with van der Waals surface area (Å²) in [6, 6.07) is 12.6. The molecule has 3 rings (SSSR count). The highest BCUT2D eigenvalue weighted by Crippen LogP contribution is 2.26. The van der Waals surface area contributed by atoms with Crippen LogP contribution in [0.2, 0.25) is 10.0 Å². The summed E-state index contributed by atoms with van der Waals surface area (Å²) in [5.41, 5.74) is 1.25. The molecule has 1 aromatic heterocycles. The van der Waals surface area contributed by atoms with Crippen LogP contribution in [-0.4, -0.2) is 24.8 Å². The molecule has 3 N–H and O–H groups in total. The lowest BCUT2D eigenvalue weighted by atomic mass is 10.1. The molecule has 0 spiro atoms. The lowest BCUT2D eigenvalue weighted by Crippen LogP contribution is -2.19. The van der Waals surface area contributed by atoms with Gasteiger partial charge in [0.1, 0.15) is 0 Å². The van der Waals surface area contributed by atoms with Crippen molar-refractivity contribution >= 4 is 63.6 Å². The van der Waals surface area contributed by atoms with Crippen molar-refractivity contribution in [1.29, 1.82) is 0 Å². The quantitative estimate of drug-likeness (QED) is 0.518. The van der Waals surface area contributed by atoms with E-state index in [9.17, 15) is 14.4 Å². The molecule has 0 aliphatic carbocycles. The summed E-state index contributed by atoms with van der Waals surface area (Å²) in [6.07, 6.45) is 0. The monoisotopic (exact) mass is 447 g/mol. The number of amides is 3. The van der Waals surface area contributed by atoms with Gasteiger partial charge in [-0.2, -0.15) is 0 Å². The van der Waals surface area contributed by atoms with Gasteiger partial charge < -0.3 is 16.0 Å². The Morgan fingerprint density at radius 1 is 0.862 bits per heavy atom. The van der Waals surface area contributed by atoms with E-state index in [1.165, 1.54) is 48.7 Å². The van der Waals surface area contributed by atoms with Gasteiger partial charge in [0.2, 0.25) is 0 Å². The Kier molecular flexibility index (Phi) is 6.53. The molecular formula is C20H15Cl2N3O3S. The topological polar surface area (TPSA) is 87.3 Å². The molecule has 0 fully saturated rings. The highest BCUT2D eigenvalue weighted by Gasteiger charge is 2.15. The normalized spacial score (nSPS) is 10.3. The number of nitrogens with one attached hydrogen (secondary N) is 3. The van der Waals surface area contributed by atoms with E-state index in [4.69, 9.17) is 23.2 Å². The van der Waals surface area contributed by atoms with Crippen molar-refractivity contribution in [2.75, 3.05) is 17.7 Å². The summed E-state index contributed by atoms with van der Waals surface area (Å²) >= 11 is 13.5. The molecule has 0 unspecified atom stereocenters. The van der Waals surface area contributed by atoms with Gasteiger partial charge in [0, 0.05) is 18.3 Å². The Labute approximate surface area is 180 Å². The lowest BCUT2D eigenvalue weighted by Gasteiger charge is -2.11. The molecule has 1 heterocycles. The number of thiophene rings is 1. The van der Waals surface area contributed by atoms with E-state index in [1.54, 1.807) is 23.6 Å². The second kappa shape index (κ2) is 9.09. The predicted molar refractivity (Wildman–Crippen MR) is 117 cm³/mol. The molecule has 0 aliphatic heterocycles. The fourth-order valence-corrected chi connectivity index (χ4v) is 3.46. The third-order valence-electron chi connectivity index (χ3n) is 3.92. The number of hydrogen-bond donors (Lipinski definition) is 3. The van der Waals surface area contributed by atoms with E-state index in [0.29, 0.717) is 21.3 Å². The van der Waals surface area contributed by atoms with Gasteiger partial charge in [-0.1, -0.05) is 29.3 Å². The van der Waals surface area contributed by atoms with Gasteiger partial charge in [-0.15, -0.1) is 11.3 Å². The van der Waals surface area contributed by atoms with E-state index < -0.39 is 5.91 Å². The third kappa shape index (κ3) is 4.95. The molecule has 0 aliphatic rings. The fraction of sp³-hybridized carbons (Fsp3) is 0.0500. The van der Waals surface area contributed by atoms with Gasteiger partial charge in [-0.25, -0.2) is 0 Å². The zero-order valence-electron chi connectivity index (χ0n) is 15.1. The number of anilines is 2. The van der Waals surface area contributed by atoms with Gasteiger partial charge in [-0.05, 0) is 47.8 Å². The van der Waals surface area contributed by atoms with E-state index in [0.717, 1.165) is 0 Å². The highest BCUT2D eigenvalue weighted by atomic mass is 35.5. The Bertz CT molecular complexity index is 1080. The Balaban J connectivity index is 1.79. The predicted octanol–water partition coefficient (Wildman–Crippen LogP) is 4.92.